The summed E-state index contributed by atoms with van der Waals surface area (Å²) in [5.74, 6) is -1.95. The van der Waals surface area contributed by atoms with Gasteiger partial charge >= 0.3 is 0 Å². The minimum absolute atomic E-state index is 0.0931. The second-order valence-electron chi connectivity index (χ2n) is 4.70. The molecule has 5 nitrogen and oxygen atoms in total. The Morgan fingerprint density at radius 3 is 2.16 bits per heavy atom. The predicted molar refractivity (Wildman–Crippen MR) is 74.3 cm³/mol. The van der Waals surface area contributed by atoms with Crippen LogP contribution < -0.4 is 5.32 Å². The molecule has 0 aromatic carbocycles. The Hall–Kier alpha value is -1.65. The van der Waals surface area contributed by atoms with Crippen LogP contribution in [0.2, 0.25) is 0 Å². The molecular formula is C14H24N2O3. The third kappa shape index (κ3) is 6.18. The summed E-state index contributed by atoms with van der Waals surface area (Å²) in [7, 11) is 0. The van der Waals surface area contributed by atoms with Crippen molar-refractivity contribution in [2.75, 3.05) is 6.54 Å². The lowest BCUT2D eigenvalue weighted by Crippen LogP contribution is -2.37. The van der Waals surface area contributed by atoms with Crippen LogP contribution in [0.5, 0.6) is 0 Å². The van der Waals surface area contributed by atoms with Crippen molar-refractivity contribution in [1.29, 1.82) is 0 Å². The van der Waals surface area contributed by atoms with Gasteiger partial charge in [-0.15, -0.1) is 0 Å². The average molecular weight is 268 g/mol. The monoisotopic (exact) mass is 268 g/mol. The number of carbonyl (C=O) groups is 3. The van der Waals surface area contributed by atoms with Gasteiger partial charge in [-0.1, -0.05) is 13.8 Å². The van der Waals surface area contributed by atoms with E-state index in [1.54, 1.807) is 20.0 Å². The summed E-state index contributed by atoms with van der Waals surface area (Å²) in [6.07, 6.45) is 2.79. The van der Waals surface area contributed by atoms with Gasteiger partial charge in [-0.3, -0.25) is 19.7 Å². The average Bonchev–Trinajstić information content (AvgIpc) is 2.36. The molecule has 1 N–H and O–H groups in total. The molecule has 0 rings (SSSR count). The molecule has 0 atom stereocenters. The van der Waals surface area contributed by atoms with Crippen molar-refractivity contribution in [3.05, 3.63) is 11.8 Å². The van der Waals surface area contributed by atoms with Crippen molar-refractivity contribution < 1.29 is 14.4 Å². The van der Waals surface area contributed by atoms with Gasteiger partial charge in [-0.05, 0) is 27.2 Å². The molecular weight excluding hydrogens is 244 g/mol. The van der Waals surface area contributed by atoms with E-state index in [4.69, 9.17) is 0 Å². The van der Waals surface area contributed by atoms with Crippen LogP contribution in [0.1, 0.15) is 47.5 Å². The zero-order chi connectivity index (χ0) is 15.0. The van der Waals surface area contributed by atoms with Crippen LogP contribution in [-0.4, -0.2) is 35.1 Å². The van der Waals surface area contributed by atoms with Gasteiger partial charge in [0.1, 0.15) is 0 Å². The Bertz CT molecular complexity index is 373. The van der Waals surface area contributed by atoms with Crippen LogP contribution in [0, 0.1) is 0 Å². The lowest BCUT2D eigenvalue weighted by atomic mass is 10.2. The fourth-order valence-electron chi connectivity index (χ4n) is 1.47. The maximum atomic E-state index is 11.8. The molecule has 0 unspecified atom stereocenters. The quantitative estimate of drug-likeness (QED) is 0.563. The number of ketones is 1. The number of imide groups is 1. The van der Waals surface area contributed by atoms with Crippen LogP contribution in [0.15, 0.2) is 11.8 Å². The van der Waals surface area contributed by atoms with Crippen molar-refractivity contribution in [3.63, 3.8) is 0 Å². The van der Waals surface area contributed by atoms with E-state index in [9.17, 15) is 14.4 Å². The molecule has 0 aromatic heterocycles. The van der Waals surface area contributed by atoms with Crippen molar-refractivity contribution in [1.82, 2.24) is 10.2 Å². The van der Waals surface area contributed by atoms with Gasteiger partial charge in [0.2, 0.25) is 5.78 Å². The molecule has 0 saturated carbocycles. The number of nitrogens with zero attached hydrogens (tertiary/aromatic N) is 1. The Morgan fingerprint density at radius 1 is 1.16 bits per heavy atom. The molecule has 0 bridgehead atoms. The first-order valence-corrected chi connectivity index (χ1v) is 6.66. The first-order chi connectivity index (χ1) is 8.83. The Labute approximate surface area is 115 Å². The number of amides is 2. The van der Waals surface area contributed by atoms with E-state index >= 15 is 0 Å². The molecule has 0 aliphatic carbocycles. The van der Waals surface area contributed by atoms with Crippen LogP contribution >= 0.6 is 0 Å². The number of nitrogens with one attached hydrogen (secondary N) is 1. The molecule has 0 fully saturated rings. The molecule has 0 spiro atoms. The van der Waals surface area contributed by atoms with Crippen LogP contribution in [0.3, 0.4) is 0 Å². The van der Waals surface area contributed by atoms with Crippen molar-refractivity contribution in [3.8, 4) is 0 Å². The topological polar surface area (TPSA) is 66.5 Å². The van der Waals surface area contributed by atoms with Gasteiger partial charge in [0.15, 0.2) is 0 Å². The first-order valence-electron chi connectivity index (χ1n) is 6.66. The van der Waals surface area contributed by atoms with Crippen molar-refractivity contribution in [2.24, 2.45) is 0 Å². The summed E-state index contributed by atoms with van der Waals surface area (Å²) in [5, 5.41) is 2.09. The second kappa shape index (κ2) is 8.45. The number of carbonyl (C=O) groups excluding carboxylic acids is 3. The molecule has 2 amide bonds. The van der Waals surface area contributed by atoms with E-state index in [1.165, 1.54) is 0 Å². The molecule has 0 aromatic rings. The number of hydrogen-bond donors (Lipinski definition) is 1. The normalized spacial score (nSPS) is 11.4. The highest BCUT2D eigenvalue weighted by Gasteiger charge is 2.16. The summed E-state index contributed by atoms with van der Waals surface area (Å²) >= 11 is 0. The standard InChI is InChI=1S/C14H24N2O3/c1-6-8-16(10(3)4)9-11(5)13(18)15-14(19)12(17)7-2/h9-10H,6-8H2,1-5H3,(H,15,18,19)/b11-9+. The summed E-state index contributed by atoms with van der Waals surface area (Å²) < 4.78 is 0. The van der Waals surface area contributed by atoms with E-state index in [0.717, 1.165) is 13.0 Å². The molecule has 0 aliphatic heterocycles. The van der Waals surface area contributed by atoms with Crippen molar-refractivity contribution >= 4 is 17.6 Å². The second-order valence-corrected chi connectivity index (χ2v) is 4.70. The molecule has 108 valence electrons. The fourth-order valence-corrected chi connectivity index (χ4v) is 1.47. The Balaban J connectivity index is 4.70. The molecule has 19 heavy (non-hydrogen) atoms. The molecule has 5 heteroatoms. The van der Waals surface area contributed by atoms with Crippen LogP contribution in [0.25, 0.3) is 0 Å². The lowest BCUT2D eigenvalue weighted by molar-refractivity contribution is -0.140. The Morgan fingerprint density at radius 2 is 1.74 bits per heavy atom. The maximum Gasteiger partial charge on any atom is 0.294 e. The van der Waals surface area contributed by atoms with Gasteiger partial charge < -0.3 is 4.90 Å². The van der Waals surface area contributed by atoms with E-state index in [2.05, 4.69) is 12.2 Å². The smallest absolute Gasteiger partial charge is 0.294 e. The fraction of sp³-hybridized carbons (Fsp3) is 0.643. The largest absolute Gasteiger partial charge is 0.375 e. The summed E-state index contributed by atoms with van der Waals surface area (Å²) in [4.78, 5) is 36.2. The van der Waals surface area contributed by atoms with Gasteiger partial charge in [-0.2, -0.15) is 0 Å². The summed E-state index contributed by atoms with van der Waals surface area (Å²) in [5.41, 5.74) is 0.416. The third-order valence-corrected chi connectivity index (χ3v) is 2.66. The highest BCUT2D eigenvalue weighted by molar-refractivity contribution is 6.39. The highest BCUT2D eigenvalue weighted by atomic mass is 16.2. The van der Waals surface area contributed by atoms with Gasteiger partial charge in [0, 0.05) is 30.8 Å². The zero-order valence-corrected chi connectivity index (χ0v) is 12.4. The van der Waals surface area contributed by atoms with E-state index < -0.39 is 17.6 Å². The molecule has 0 saturated heterocycles. The predicted octanol–water partition coefficient (Wildman–Crippen LogP) is 1.63. The summed E-state index contributed by atoms with van der Waals surface area (Å²) in [6.45, 7) is 10.2. The van der Waals surface area contributed by atoms with Gasteiger partial charge in [0.05, 0.1) is 0 Å². The van der Waals surface area contributed by atoms with E-state index in [-0.39, 0.29) is 12.5 Å². The number of hydrogen-bond acceptors (Lipinski definition) is 4. The minimum atomic E-state index is -0.841. The van der Waals surface area contributed by atoms with Crippen LogP contribution in [-0.2, 0) is 14.4 Å². The third-order valence-electron chi connectivity index (χ3n) is 2.66. The minimum Gasteiger partial charge on any atom is -0.375 e. The van der Waals surface area contributed by atoms with Crippen molar-refractivity contribution in [2.45, 2.75) is 53.5 Å². The maximum absolute atomic E-state index is 11.8. The Kier molecular flexibility index (Phi) is 7.72. The number of Topliss-reactive ketones (excluding diaryl/α,β-unsaturated/α-hetero) is 1. The van der Waals surface area contributed by atoms with E-state index in [0.29, 0.717) is 5.57 Å². The van der Waals surface area contributed by atoms with Gasteiger partial charge in [0.25, 0.3) is 11.8 Å². The SMILES string of the molecule is CCCN(/C=C(\C)C(=O)NC(=O)C(=O)CC)C(C)C. The lowest BCUT2D eigenvalue weighted by Gasteiger charge is -2.25. The number of rotatable bonds is 7. The highest BCUT2D eigenvalue weighted by Crippen LogP contribution is 2.04. The molecule has 0 radical (unpaired) electrons. The molecule has 0 aliphatic rings. The zero-order valence-electron chi connectivity index (χ0n) is 12.4. The van der Waals surface area contributed by atoms with Gasteiger partial charge in [-0.25, -0.2) is 0 Å². The van der Waals surface area contributed by atoms with E-state index in [1.807, 2.05) is 18.7 Å². The molecule has 0 heterocycles. The van der Waals surface area contributed by atoms with Crippen LogP contribution in [0.4, 0.5) is 0 Å². The first kappa shape index (κ1) is 17.4. The summed E-state index contributed by atoms with van der Waals surface area (Å²) in [6, 6.07) is 0.274.